The van der Waals surface area contributed by atoms with Gasteiger partial charge in [-0.15, -0.1) is 13.2 Å². The summed E-state index contributed by atoms with van der Waals surface area (Å²) < 4.78 is 0. The number of hydrogen-bond acceptors (Lipinski definition) is 4. The van der Waals surface area contributed by atoms with Gasteiger partial charge in [0.05, 0.1) is 0 Å². The van der Waals surface area contributed by atoms with Crippen LogP contribution in [0.3, 0.4) is 0 Å². The Morgan fingerprint density at radius 2 is 1.00 bits per heavy atom. The van der Waals surface area contributed by atoms with Crippen LogP contribution in [0.2, 0.25) is 0 Å². The Labute approximate surface area is 169 Å². The molecule has 148 valence electrons. The highest BCUT2D eigenvalue weighted by Crippen LogP contribution is 2.39. The van der Waals surface area contributed by atoms with Crippen LogP contribution in [-0.2, 0) is 12.8 Å². The maximum Gasteiger partial charge on any atom is 0.128 e. The Balaban J connectivity index is 0.000000161. The quantitative estimate of drug-likeness (QED) is 0.591. The zero-order chi connectivity index (χ0) is 19.6. The van der Waals surface area contributed by atoms with Crippen molar-refractivity contribution < 1.29 is 0 Å². The highest BCUT2D eigenvalue weighted by molar-refractivity contribution is 4.96. The topological polar surface area (TPSA) is 51.6 Å². The van der Waals surface area contributed by atoms with Gasteiger partial charge in [0.1, 0.15) is 11.6 Å². The van der Waals surface area contributed by atoms with E-state index in [-0.39, 0.29) is 0 Å². The monoisotopic (exact) mass is 376 g/mol. The van der Waals surface area contributed by atoms with Crippen molar-refractivity contribution in [2.75, 3.05) is 0 Å². The number of nitrogens with zero attached hydrogens (tertiary/aromatic N) is 4. The van der Waals surface area contributed by atoms with E-state index in [2.05, 4.69) is 33.1 Å². The van der Waals surface area contributed by atoms with Gasteiger partial charge in [-0.05, 0) is 74.3 Å². The van der Waals surface area contributed by atoms with Gasteiger partial charge in [0.2, 0.25) is 0 Å². The maximum absolute atomic E-state index is 4.26. The molecule has 0 bridgehead atoms. The zero-order valence-corrected chi connectivity index (χ0v) is 16.8. The minimum Gasteiger partial charge on any atom is -0.241 e. The average Bonchev–Trinajstić information content (AvgIpc) is 2.73. The summed E-state index contributed by atoms with van der Waals surface area (Å²) >= 11 is 0. The van der Waals surface area contributed by atoms with Crippen LogP contribution < -0.4 is 0 Å². The Hall–Kier alpha value is -2.36. The Kier molecular flexibility index (Phi) is 7.89. The van der Waals surface area contributed by atoms with Crippen LogP contribution in [0.15, 0.2) is 62.2 Å². The van der Waals surface area contributed by atoms with Crippen LogP contribution in [0.5, 0.6) is 0 Å². The van der Waals surface area contributed by atoms with Crippen molar-refractivity contribution in [1.29, 1.82) is 0 Å². The lowest BCUT2D eigenvalue weighted by molar-refractivity contribution is 0.175. The second-order valence-corrected chi connectivity index (χ2v) is 7.98. The number of allylic oxidation sites excluding steroid dienone is 2. The normalized spacial score (nSPS) is 25.4. The van der Waals surface area contributed by atoms with Crippen molar-refractivity contribution in [2.45, 2.75) is 51.4 Å². The lowest BCUT2D eigenvalue weighted by Gasteiger charge is -2.35. The molecule has 4 rings (SSSR count). The molecule has 0 spiro atoms. The Morgan fingerprint density at radius 1 is 0.643 bits per heavy atom. The third-order valence-corrected chi connectivity index (χ3v) is 6.22. The first-order valence-electron chi connectivity index (χ1n) is 10.5. The summed E-state index contributed by atoms with van der Waals surface area (Å²) in [5, 5.41) is 0. The fraction of sp³-hybridized carbons (Fsp3) is 0.500. The molecule has 2 saturated carbocycles. The highest BCUT2D eigenvalue weighted by Gasteiger charge is 2.30. The zero-order valence-electron chi connectivity index (χ0n) is 16.8. The van der Waals surface area contributed by atoms with E-state index in [9.17, 15) is 0 Å². The summed E-state index contributed by atoms with van der Waals surface area (Å²) in [5.41, 5.74) is 0. The molecule has 2 aliphatic carbocycles. The summed E-state index contributed by atoms with van der Waals surface area (Å²) in [4.78, 5) is 17.0. The van der Waals surface area contributed by atoms with E-state index in [1.54, 1.807) is 0 Å². The fourth-order valence-electron chi connectivity index (χ4n) is 4.20. The van der Waals surface area contributed by atoms with Gasteiger partial charge in [0.15, 0.2) is 0 Å². The van der Waals surface area contributed by atoms with Gasteiger partial charge >= 0.3 is 0 Å². The van der Waals surface area contributed by atoms with E-state index >= 15 is 0 Å². The molecule has 0 aromatic carbocycles. The molecule has 0 amide bonds. The largest absolute Gasteiger partial charge is 0.241 e. The van der Waals surface area contributed by atoms with Crippen LogP contribution in [0, 0.1) is 23.7 Å². The molecule has 2 aliphatic rings. The fourth-order valence-corrected chi connectivity index (χ4v) is 4.20. The highest BCUT2D eigenvalue weighted by atomic mass is 14.9. The second kappa shape index (κ2) is 10.8. The van der Waals surface area contributed by atoms with Gasteiger partial charge in [-0.2, -0.15) is 0 Å². The van der Waals surface area contributed by atoms with E-state index in [1.807, 2.05) is 49.1 Å². The second-order valence-electron chi connectivity index (χ2n) is 7.98. The first-order chi connectivity index (χ1) is 13.8. The molecule has 0 radical (unpaired) electrons. The minimum atomic E-state index is 0.787. The Bertz CT molecular complexity index is 652. The molecule has 0 aliphatic heterocycles. The van der Waals surface area contributed by atoms with Crippen LogP contribution in [0.4, 0.5) is 0 Å². The third-order valence-electron chi connectivity index (χ3n) is 6.22. The molecule has 4 heteroatoms. The van der Waals surface area contributed by atoms with Crippen molar-refractivity contribution >= 4 is 0 Å². The van der Waals surface area contributed by atoms with Gasteiger partial charge in [-0.3, -0.25) is 0 Å². The first kappa shape index (κ1) is 20.4. The maximum atomic E-state index is 4.26. The molecule has 0 N–H and O–H groups in total. The summed E-state index contributed by atoms with van der Waals surface area (Å²) in [6.07, 6.45) is 21.1. The molecule has 2 fully saturated rings. The van der Waals surface area contributed by atoms with E-state index in [0.717, 1.165) is 61.0 Å². The van der Waals surface area contributed by atoms with Crippen molar-refractivity contribution in [1.82, 2.24) is 19.9 Å². The van der Waals surface area contributed by atoms with E-state index in [1.165, 1.54) is 25.7 Å². The predicted octanol–water partition coefficient (Wildman–Crippen LogP) is 5.24. The molecule has 0 unspecified atom stereocenters. The number of aromatic nitrogens is 4. The Morgan fingerprint density at radius 3 is 1.29 bits per heavy atom. The molecule has 2 aromatic rings. The van der Waals surface area contributed by atoms with Crippen molar-refractivity contribution in [3.63, 3.8) is 0 Å². The lowest BCUT2D eigenvalue weighted by atomic mass is 9.70. The molecular weight excluding hydrogens is 344 g/mol. The minimum absolute atomic E-state index is 0.787. The van der Waals surface area contributed by atoms with Gasteiger partial charge in [0, 0.05) is 37.6 Å². The number of rotatable bonds is 8. The molecule has 28 heavy (non-hydrogen) atoms. The summed E-state index contributed by atoms with van der Waals surface area (Å²) in [5.74, 6) is 5.22. The van der Waals surface area contributed by atoms with Gasteiger partial charge < -0.3 is 0 Å². The van der Waals surface area contributed by atoms with Crippen molar-refractivity contribution in [3.05, 3.63) is 73.9 Å². The van der Waals surface area contributed by atoms with E-state index in [0.29, 0.717) is 0 Å². The number of hydrogen-bond donors (Lipinski definition) is 0. The van der Waals surface area contributed by atoms with E-state index in [4.69, 9.17) is 0 Å². The molecular formula is C24H32N4. The summed E-state index contributed by atoms with van der Waals surface area (Å²) in [6.45, 7) is 7.59. The SMILES string of the molecule is C=CC[C@@H]1CC[C@H]1Cc1ncccn1.C=CC[C@H]1CC[C@@H]1Cc1ncccn1. The van der Waals surface area contributed by atoms with Crippen molar-refractivity contribution in [3.8, 4) is 0 Å². The van der Waals surface area contributed by atoms with Crippen LogP contribution >= 0.6 is 0 Å². The smallest absolute Gasteiger partial charge is 0.128 e. The van der Waals surface area contributed by atoms with Crippen LogP contribution in [0.25, 0.3) is 0 Å². The van der Waals surface area contributed by atoms with Gasteiger partial charge in [-0.25, -0.2) is 19.9 Å². The van der Waals surface area contributed by atoms with Gasteiger partial charge in [-0.1, -0.05) is 12.2 Å². The predicted molar refractivity (Wildman–Crippen MR) is 114 cm³/mol. The average molecular weight is 377 g/mol. The summed E-state index contributed by atoms with van der Waals surface area (Å²) in [7, 11) is 0. The standard InChI is InChI=1S/2C12H16N2/c2*1-2-4-10-5-6-11(10)9-12-13-7-3-8-14-12/h2*2-3,7-8,10-11H,1,4-6,9H2/t2*10-,11+/m10/s1. The lowest BCUT2D eigenvalue weighted by Crippen LogP contribution is -2.27. The molecule has 4 nitrogen and oxygen atoms in total. The van der Waals surface area contributed by atoms with E-state index < -0.39 is 0 Å². The summed E-state index contributed by atoms with van der Waals surface area (Å²) in [6, 6.07) is 3.73. The van der Waals surface area contributed by atoms with Crippen molar-refractivity contribution in [2.24, 2.45) is 23.7 Å². The van der Waals surface area contributed by atoms with Gasteiger partial charge in [0.25, 0.3) is 0 Å². The molecule has 2 heterocycles. The third kappa shape index (κ3) is 5.82. The molecule has 4 atom stereocenters. The molecule has 0 saturated heterocycles. The molecule has 2 aromatic heterocycles. The van der Waals surface area contributed by atoms with Crippen LogP contribution in [0.1, 0.15) is 50.2 Å². The van der Waals surface area contributed by atoms with Crippen LogP contribution in [-0.4, -0.2) is 19.9 Å². The first-order valence-corrected chi connectivity index (χ1v) is 10.5.